The van der Waals surface area contributed by atoms with Crippen LogP contribution < -0.4 is 5.73 Å². The number of amides is 2. The normalized spacial score (nSPS) is 16.3. The van der Waals surface area contributed by atoms with E-state index in [0.717, 1.165) is 29.5 Å². The summed E-state index contributed by atoms with van der Waals surface area (Å²) in [6, 6.07) is 3.94. The molecular weight excluding hydrogens is 364 g/mol. The van der Waals surface area contributed by atoms with Crippen molar-refractivity contribution in [3.63, 3.8) is 0 Å². The van der Waals surface area contributed by atoms with Crippen LogP contribution in [0.25, 0.3) is 0 Å². The van der Waals surface area contributed by atoms with Crippen LogP contribution in [0.15, 0.2) is 12.1 Å². The summed E-state index contributed by atoms with van der Waals surface area (Å²) >= 11 is 6.39. The van der Waals surface area contributed by atoms with Crippen molar-refractivity contribution in [3.8, 4) is 0 Å². The van der Waals surface area contributed by atoms with Gasteiger partial charge in [-0.1, -0.05) is 17.7 Å². The highest BCUT2D eigenvalue weighted by Crippen LogP contribution is 2.39. The second-order valence-electron chi connectivity index (χ2n) is 8.92. The molecule has 6 heteroatoms. The van der Waals surface area contributed by atoms with Gasteiger partial charge in [0.05, 0.1) is 5.41 Å². The number of nitrogens with zero attached hydrogens (tertiary/aromatic N) is 1. The lowest BCUT2D eigenvalue weighted by atomic mass is 9.75. The van der Waals surface area contributed by atoms with Crippen molar-refractivity contribution >= 4 is 23.6 Å². The largest absolute Gasteiger partial charge is 0.444 e. The van der Waals surface area contributed by atoms with Crippen LogP contribution in [-0.2, 0) is 14.9 Å². The third-order valence-corrected chi connectivity index (χ3v) is 5.61. The predicted octanol–water partition coefficient (Wildman–Crippen LogP) is 4.53. The summed E-state index contributed by atoms with van der Waals surface area (Å²) in [7, 11) is 0. The van der Waals surface area contributed by atoms with E-state index in [1.54, 1.807) is 4.90 Å². The number of carbonyl (C=O) groups is 2. The molecule has 1 heterocycles. The monoisotopic (exact) mass is 394 g/mol. The molecule has 0 spiro atoms. The number of ether oxygens (including phenoxy) is 1. The number of piperidine rings is 1. The molecule has 0 unspecified atom stereocenters. The molecule has 1 aliphatic rings. The quantitative estimate of drug-likeness (QED) is 0.818. The molecule has 5 nitrogen and oxygen atoms in total. The van der Waals surface area contributed by atoms with Crippen molar-refractivity contribution in [2.45, 2.75) is 71.3 Å². The second kappa shape index (κ2) is 7.70. The Morgan fingerprint density at radius 2 is 1.70 bits per heavy atom. The number of rotatable bonds is 3. The maximum atomic E-state index is 12.3. The van der Waals surface area contributed by atoms with Crippen molar-refractivity contribution in [1.29, 1.82) is 0 Å². The Morgan fingerprint density at radius 3 is 2.19 bits per heavy atom. The molecule has 150 valence electrons. The molecule has 0 saturated carbocycles. The van der Waals surface area contributed by atoms with Gasteiger partial charge >= 0.3 is 6.09 Å². The third-order valence-electron chi connectivity index (χ3n) is 5.21. The third kappa shape index (κ3) is 4.95. The molecule has 27 heavy (non-hydrogen) atoms. The molecule has 1 aromatic carbocycles. The highest BCUT2D eigenvalue weighted by Gasteiger charge is 2.34. The van der Waals surface area contributed by atoms with Crippen molar-refractivity contribution in [2.24, 2.45) is 5.73 Å². The Hall–Kier alpha value is -1.75. The molecule has 1 saturated heterocycles. The summed E-state index contributed by atoms with van der Waals surface area (Å²) in [4.78, 5) is 26.1. The maximum absolute atomic E-state index is 12.3. The Bertz CT molecular complexity index is 730. The summed E-state index contributed by atoms with van der Waals surface area (Å²) in [6.45, 7) is 12.4. The first-order chi connectivity index (χ1) is 12.3. The van der Waals surface area contributed by atoms with Crippen LogP contribution in [0.1, 0.15) is 70.1 Å². The highest BCUT2D eigenvalue weighted by molar-refractivity contribution is 6.31. The van der Waals surface area contributed by atoms with Crippen LogP contribution in [-0.4, -0.2) is 35.6 Å². The van der Waals surface area contributed by atoms with E-state index in [2.05, 4.69) is 0 Å². The van der Waals surface area contributed by atoms with E-state index in [0.29, 0.717) is 18.1 Å². The van der Waals surface area contributed by atoms with E-state index < -0.39 is 11.0 Å². The van der Waals surface area contributed by atoms with Crippen LogP contribution in [0.2, 0.25) is 5.02 Å². The summed E-state index contributed by atoms with van der Waals surface area (Å²) in [6.07, 6.45) is 1.31. The number of likely N-dealkylation sites (tertiary alicyclic amines) is 1. The summed E-state index contributed by atoms with van der Waals surface area (Å²) < 4.78 is 5.47. The van der Waals surface area contributed by atoms with Crippen LogP contribution in [0.5, 0.6) is 0 Å². The summed E-state index contributed by atoms with van der Waals surface area (Å²) in [5, 5.41) is 0.684. The molecular formula is C21H31ClN2O3. The molecule has 0 atom stereocenters. The molecule has 1 aromatic rings. The zero-order valence-electron chi connectivity index (χ0n) is 17.2. The van der Waals surface area contributed by atoms with Gasteiger partial charge in [-0.15, -0.1) is 0 Å². The van der Waals surface area contributed by atoms with E-state index >= 15 is 0 Å². The minimum atomic E-state index is -0.785. The lowest BCUT2D eigenvalue weighted by Crippen LogP contribution is -2.42. The van der Waals surface area contributed by atoms with Crippen LogP contribution in [0.3, 0.4) is 0 Å². The number of aryl methyl sites for hydroxylation is 1. The zero-order valence-corrected chi connectivity index (χ0v) is 17.9. The van der Waals surface area contributed by atoms with Gasteiger partial charge in [-0.25, -0.2) is 4.79 Å². The molecule has 2 rings (SSSR count). The first-order valence-electron chi connectivity index (χ1n) is 9.41. The standard InChI is InChI=1S/C21H31ClN2O3/c1-13-11-16(21(5,6)18(23)25)15(12-17(13)22)14-7-9-24(10-8-14)19(26)27-20(2,3)4/h11-12,14H,7-10H2,1-6H3,(H2,23,25). The van der Waals surface area contributed by atoms with Crippen molar-refractivity contribution in [1.82, 2.24) is 4.90 Å². The highest BCUT2D eigenvalue weighted by atomic mass is 35.5. The average molecular weight is 395 g/mol. The minimum absolute atomic E-state index is 0.218. The van der Waals surface area contributed by atoms with Gasteiger partial charge in [-0.05, 0) is 83.1 Å². The second-order valence-corrected chi connectivity index (χ2v) is 9.33. The zero-order chi connectivity index (χ0) is 20.6. The number of halogens is 1. The first kappa shape index (κ1) is 21.5. The van der Waals surface area contributed by atoms with Gasteiger partial charge in [-0.3, -0.25) is 4.79 Å². The first-order valence-corrected chi connectivity index (χ1v) is 9.79. The molecule has 1 aliphatic heterocycles. The predicted molar refractivity (Wildman–Crippen MR) is 108 cm³/mol. The molecule has 0 radical (unpaired) electrons. The van der Waals surface area contributed by atoms with Crippen LogP contribution in [0, 0.1) is 6.92 Å². The van der Waals surface area contributed by atoms with Crippen LogP contribution in [0.4, 0.5) is 4.79 Å². The number of carbonyl (C=O) groups excluding carboxylic acids is 2. The lowest BCUT2D eigenvalue weighted by molar-refractivity contribution is -0.122. The summed E-state index contributed by atoms with van der Waals surface area (Å²) in [5.41, 5.74) is 7.28. The molecule has 0 aliphatic carbocycles. The smallest absolute Gasteiger partial charge is 0.410 e. The topological polar surface area (TPSA) is 72.6 Å². The molecule has 2 amide bonds. The molecule has 1 fully saturated rings. The Kier molecular flexibility index (Phi) is 6.15. The van der Waals surface area contributed by atoms with Gasteiger partial charge in [0.2, 0.25) is 5.91 Å². The Labute approximate surface area is 167 Å². The average Bonchev–Trinajstić information content (AvgIpc) is 2.55. The van der Waals surface area contributed by atoms with E-state index in [4.69, 9.17) is 22.1 Å². The van der Waals surface area contributed by atoms with E-state index in [9.17, 15) is 9.59 Å². The van der Waals surface area contributed by atoms with Crippen LogP contribution >= 0.6 is 11.6 Å². The number of primary amides is 1. The number of benzene rings is 1. The van der Waals surface area contributed by atoms with Gasteiger partial charge in [0.15, 0.2) is 0 Å². The molecule has 2 N–H and O–H groups in total. The minimum Gasteiger partial charge on any atom is -0.444 e. The van der Waals surface area contributed by atoms with Gasteiger partial charge in [-0.2, -0.15) is 0 Å². The maximum Gasteiger partial charge on any atom is 0.410 e. The van der Waals surface area contributed by atoms with E-state index in [1.807, 2.05) is 53.7 Å². The number of hydrogen-bond acceptors (Lipinski definition) is 3. The fourth-order valence-corrected chi connectivity index (χ4v) is 3.58. The molecule has 0 bridgehead atoms. The number of nitrogens with two attached hydrogens (primary N) is 1. The lowest BCUT2D eigenvalue weighted by Gasteiger charge is -2.36. The van der Waals surface area contributed by atoms with E-state index in [1.165, 1.54) is 0 Å². The Balaban J connectivity index is 2.24. The molecule has 0 aromatic heterocycles. The van der Waals surface area contributed by atoms with Crippen molar-refractivity contribution < 1.29 is 14.3 Å². The van der Waals surface area contributed by atoms with Crippen molar-refractivity contribution in [3.05, 3.63) is 33.8 Å². The summed E-state index contributed by atoms with van der Waals surface area (Å²) in [5.74, 6) is -0.146. The Morgan fingerprint density at radius 1 is 1.15 bits per heavy atom. The van der Waals surface area contributed by atoms with Gasteiger partial charge in [0, 0.05) is 18.1 Å². The van der Waals surface area contributed by atoms with Crippen molar-refractivity contribution in [2.75, 3.05) is 13.1 Å². The fourth-order valence-electron chi connectivity index (χ4n) is 3.41. The number of hydrogen-bond donors (Lipinski definition) is 1. The van der Waals surface area contributed by atoms with Gasteiger partial charge < -0.3 is 15.4 Å². The SMILES string of the molecule is Cc1cc(C(C)(C)C(N)=O)c(C2CCN(C(=O)OC(C)(C)C)CC2)cc1Cl. The van der Waals surface area contributed by atoms with Gasteiger partial charge in [0.1, 0.15) is 5.60 Å². The van der Waals surface area contributed by atoms with E-state index in [-0.39, 0.29) is 17.9 Å². The van der Waals surface area contributed by atoms with Gasteiger partial charge in [0.25, 0.3) is 0 Å². The fraction of sp³-hybridized carbons (Fsp3) is 0.619.